The molecule has 0 aromatic heterocycles. The van der Waals surface area contributed by atoms with Crippen LogP contribution in [0.15, 0.2) is 48.6 Å². The average molecular weight is 934 g/mol. The molecule has 7 amide bonds. The first-order chi connectivity index (χ1) is 31.1. The van der Waals surface area contributed by atoms with Crippen molar-refractivity contribution >= 4 is 41.4 Å². The predicted molar refractivity (Wildman–Crippen MR) is 230 cm³/mol. The molecule has 66 heavy (non-hydrogen) atoms. The van der Waals surface area contributed by atoms with Gasteiger partial charge in [-0.1, -0.05) is 50.3 Å². The summed E-state index contributed by atoms with van der Waals surface area (Å²) in [7, 11) is 0. The number of fused-ring (bicyclic) bond motifs is 2. The van der Waals surface area contributed by atoms with Crippen LogP contribution in [0.3, 0.4) is 0 Å². The number of aliphatic hydroxyl groups is 8. The van der Waals surface area contributed by atoms with Gasteiger partial charge >= 0.3 is 0 Å². The lowest BCUT2D eigenvalue weighted by molar-refractivity contribution is -0.148. The van der Waals surface area contributed by atoms with E-state index in [0.717, 1.165) is 42.2 Å². The minimum absolute atomic E-state index is 0.0662. The number of phenolic OH excluding ortho intramolecular Hbond substituents is 1. The Labute approximate surface area is 380 Å². The number of nitrogens with zero attached hydrogens (tertiary/aromatic N) is 2. The van der Waals surface area contributed by atoms with E-state index < -0.39 is 152 Å². The van der Waals surface area contributed by atoms with Gasteiger partial charge < -0.3 is 82.3 Å². The van der Waals surface area contributed by atoms with E-state index in [2.05, 4.69) is 26.6 Å². The molecular formula is C43H63N7O16. The summed E-state index contributed by atoms with van der Waals surface area (Å²) < 4.78 is 0. The molecule has 0 saturated carbocycles. The molecule has 4 rings (SSSR count). The van der Waals surface area contributed by atoms with Crippen LogP contribution in [0.4, 0.5) is 0 Å². The van der Waals surface area contributed by atoms with Crippen LogP contribution in [0.25, 0.3) is 0 Å². The molecule has 0 spiro atoms. The Morgan fingerprint density at radius 1 is 0.742 bits per heavy atom. The maximum Gasteiger partial charge on any atom is 0.248 e. The Morgan fingerprint density at radius 3 is 1.92 bits per heavy atom. The number of amides is 7. The lowest BCUT2D eigenvalue weighted by Crippen LogP contribution is -2.64. The first-order valence-corrected chi connectivity index (χ1v) is 21.7. The van der Waals surface area contributed by atoms with E-state index in [1.807, 2.05) is 19.1 Å². The highest BCUT2D eigenvalue weighted by molar-refractivity contribution is 5.98. The number of nitrogens with one attached hydrogen (secondary N) is 5. The summed E-state index contributed by atoms with van der Waals surface area (Å²) in [6.07, 6.45) is -8.45. The van der Waals surface area contributed by atoms with Gasteiger partial charge in [0.15, 0.2) is 6.23 Å². The smallest absolute Gasteiger partial charge is 0.248 e. The molecule has 1 aromatic carbocycles. The number of benzene rings is 1. The highest BCUT2D eigenvalue weighted by Gasteiger charge is 2.50. The SMILES string of the molecule is CC/C=C\C/C=C\CC(=O)N[C@H]1C[C@@H](O)[C@@H](O)NC(=O)[C@@H]2[C@@H](O)[C@@H](C)CN2C(=O)[C@H]([C@@H](C)O)NC(=O)[C@H]([C@H](O)[C@@H](O)c2ccc(O)cc2)NC(=O)[C@@H]2C[C@@H](O)CN2C(=O)[C@H]([C@@H](C)O)NC1=O. The minimum Gasteiger partial charge on any atom is -0.508 e. The quantitative estimate of drug-likeness (QED) is 0.0926. The number of rotatable bonds is 11. The summed E-state index contributed by atoms with van der Waals surface area (Å²) in [5.41, 5.74) is -0.0662. The summed E-state index contributed by atoms with van der Waals surface area (Å²) in [4.78, 5) is 99.2. The van der Waals surface area contributed by atoms with Crippen molar-refractivity contribution in [2.24, 2.45) is 5.92 Å². The zero-order valence-electron chi connectivity index (χ0n) is 37.0. The van der Waals surface area contributed by atoms with Gasteiger partial charge in [-0.05, 0) is 44.4 Å². The molecule has 3 fully saturated rings. The Bertz CT molecular complexity index is 1950. The van der Waals surface area contributed by atoms with Gasteiger partial charge in [0.1, 0.15) is 60.3 Å². The number of aliphatic hydroxyl groups excluding tert-OH is 8. The van der Waals surface area contributed by atoms with Crippen molar-refractivity contribution in [3.8, 4) is 5.75 Å². The summed E-state index contributed by atoms with van der Waals surface area (Å²) in [5.74, 6) is -9.17. The number of carbonyl (C=O) groups excluding carboxylic acids is 7. The second-order valence-corrected chi connectivity index (χ2v) is 16.9. The number of hydrogen-bond acceptors (Lipinski definition) is 16. The van der Waals surface area contributed by atoms with E-state index in [1.165, 1.54) is 25.1 Å². The van der Waals surface area contributed by atoms with Crippen LogP contribution in [0.5, 0.6) is 5.75 Å². The molecule has 1 aromatic rings. The van der Waals surface area contributed by atoms with E-state index in [0.29, 0.717) is 6.42 Å². The number of aromatic hydroxyl groups is 1. The van der Waals surface area contributed by atoms with Crippen LogP contribution >= 0.6 is 0 Å². The lowest BCUT2D eigenvalue weighted by atomic mass is 9.96. The van der Waals surface area contributed by atoms with Gasteiger partial charge in [-0.25, -0.2) is 0 Å². The second-order valence-electron chi connectivity index (χ2n) is 16.9. The van der Waals surface area contributed by atoms with E-state index in [9.17, 15) is 79.5 Å². The second kappa shape index (κ2) is 23.8. The van der Waals surface area contributed by atoms with E-state index >= 15 is 0 Å². The third-order valence-corrected chi connectivity index (χ3v) is 11.6. The van der Waals surface area contributed by atoms with Crippen molar-refractivity contribution in [1.82, 2.24) is 36.4 Å². The average Bonchev–Trinajstić information content (AvgIpc) is 3.81. The molecular weight excluding hydrogens is 871 g/mol. The Balaban J connectivity index is 1.80. The first-order valence-electron chi connectivity index (χ1n) is 21.7. The van der Waals surface area contributed by atoms with Gasteiger partial charge in [0.25, 0.3) is 0 Å². The molecule has 3 aliphatic heterocycles. The monoisotopic (exact) mass is 933 g/mol. The fourth-order valence-electron chi connectivity index (χ4n) is 7.91. The molecule has 15 atom stereocenters. The zero-order valence-corrected chi connectivity index (χ0v) is 37.0. The summed E-state index contributed by atoms with van der Waals surface area (Å²) in [6, 6.07) is -6.70. The zero-order chi connectivity index (χ0) is 49.2. The Hall–Kier alpha value is -5.53. The van der Waals surface area contributed by atoms with Crippen LogP contribution in [-0.4, -0.2) is 189 Å². The first kappa shape index (κ1) is 53.1. The van der Waals surface area contributed by atoms with Gasteiger partial charge in [-0.2, -0.15) is 0 Å². The van der Waals surface area contributed by atoms with Crippen molar-refractivity contribution in [3.05, 3.63) is 54.1 Å². The maximum absolute atomic E-state index is 14.2. The van der Waals surface area contributed by atoms with Crippen molar-refractivity contribution in [2.75, 3.05) is 13.1 Å². The molecule has 0 unspecified atom stereocenters. The van der Waals surface area contributed by atoms with Crippen LogP contribution in [-0.2, 0) is 33.6 Å². The highest BCUT2D eigenvalue weighted by atomic mass is 16.3. The van der Waals surface area contributed by atoms with E-state index in [-0.39, 0.29) is 24.3 Å². The predicted octanol–water partition coefficient (Wildman–Crippen LogP) is -4.84. The molecule has 3 saturated heterocycles. The summed E-state index contributed by atoms with van der Waals surface area (Å²) >= 11 is 0. The largest absolute Gasteiger partial charge is 0.508 e. The topological polar surface area (TPSA) is 368 Å². The third kappa shape index (κ3) is 13.3. The molecule has 23 nitrogen and oxygen atoms in total. The lowest BCUT2D eigenvalue weighted by Gasteiger charge is -2.34. The third-order valence-electron chi connectivity index (χ3n) is 11.6. The van der Waals surface area contributed by atoms with Crippen LogP contribution in [0.2, 0.25) is 0 Å². The molecule has 0 aliphatic carbocycles. The molecule has 3 heterocycles. The van der Waals surface area contributed by atoms with Crippen LogP contribution in [0.1, 0.15) is 71.5 Å². The molecule has 0 radical (unpaired) electrons. The van der Waals surface area contributed by atoms with E-state index in [1.54, 1.807) is 6.08 Å². The van der Waals surface area contributed by atoms with Gasteiger partial charge in [0.05, 0.1) is 24.4 Å². The Kier molecular flexibility index (Phi) is 19.1. The van der Waals surface area contributed by atoms with Crippen molar-refractivity contribution in [3.63, 3.8) is 0 Å². The van der Waals surface area contributed by atoms with Gasteiger partial charge in [0, 0.05) is 38.3 Å². The molecule has 0 bridgehead atoms. The number of carbonyl (C=O) groups is 7. The van der Waals surface area contributed by atoms with Gasteiger partial charge in [-0.15, -0.1) is 0 Å². The number of allylic oxidation sites excluding steroid dienone is 3. The van der Waals surface area contributed by atoms with E-state index in [4.69, 9.17) is 0 Å². The highest BCUT2D eigenvalue weighted by Crippen LogP contribution is 2.27. The standard InChI is InChI=1S/C43H63N7O16/c1-5-6-7-8-9-10-11-29(56)44-26-17-28(55)39(62)48-41(64)33-34(57)20(2)18-50(33)43(66)31(22(4)52)46-40(63)32(36(59)35(58)23-12-14-24(53)15-13-23)47-38(61)27-16-25(54)19-49(27)42(65)30(21(3)51)45-37(26)60/h6-7,9-10,12-15,20-22,25-28,30-36,39,51-55,57-59,62H,5,8,11,16-19H2,1-4H3,(H,44,56)(H,45,60)(H,46,63)(H,47,61)(H,48,64)/b7-6-,10-9-/t20-,21+,22+,25+,26-,27-,28+,30-,31-,32-,33-,34-,35-,36-,39+/m0/s1. The van der Waals surface area contributed by atoms with Crippen LogP contribution < -0.4 is 26.6 Å². The van der Waals surface area contributed by atoms with Crippen molar-refractivity contribution in [2.45, 2.75) is 145 Å². The normalized spacial score (nSPS) is 31.8. The fourth-order valence-corrected chi connectivity index (χ4v) is 7.91. The van der Waals surface area contributed by atoms with Gasteiger partial charge in [-0.3, -0.25) is 33.6 Å². The molecule has 14 N–H and O–H groups in total. The van der Waals surface area contributed by atoms with Crippen LogP contribution in [0, 0.1) is 5.92 Å². The summed E-state index contributed by atoms with van der Waals surface area (Å²) in [6.45, 7) is 4.68. The molecule has 3 aliphatic rings. The fraction of sp³-hybridized carbons (Fsp3) is 0.605. The number of phenols is 1. The van der Waals surface area contributed by atoms with Gasteiger partial charge in [0.2, 0.25) is 41.4 Å². The number of hydrogen-bond donors (Lipinski definition) is 14. The minimum atomic E-state index is -2.27. The van der Waals surface area contributed by atoms with Crippen molar-refractivity contribution in [1.29, 1.82) is 0 Å². The molecule has 23 heteroatoms. The maximum atomic E-state index is 14.2. The molecule has 366 valence electrons. The Morgan fingerprint density at radius 2 is 1.32 bits per heavy atom. The van der Waals surface area contributed by atoms with Crippen molar-refractivity contribution < 1.29 is 79.5 Å². The summed E-state index contributed by atoms with van der Waals surface area (Å²) in [5, 5.41) is 110.